The van der Waals surface area contributed by atoms with Crippen molar-refractivity contribution >= 4 is 42.8 Å². The molecule has 0 aliphatic carbocycles. The van der Waals surface area contributed by atoms with Crippen molar-refractivity contribution in [1.82, 2.24) is 20.0 Å². The van der Waals surface area contributed by atoms with E-state index in [1.54, 1.807) is 10.9 Å². The Bertz CT molecular complexity index is 754. The van der Waals surface area contributed by atoms with E-state index in [1.165, 1.54) is 0 Å². The van der Waals surface area contributed by atoms with Gasteiger partial charge in [0.25, 0.3) is 0 Å². The second-order valence-corrected chi connectivity index (χ2v) is 6.49. The number of hydrogen-bond donors (Lipinski definition) is 0. The van der Waals surface area contributed by atoms with Crippen LogP contribution in [0.25, 0.3) is 16.6 Å². The third kappa shape index (κ3) is 2.50. The van der Waals surface area contributed by atoms with Crippen LogP contribution in [0.2, 0.25) is 0 Å². The first-order valence-corrected chi connectivity index (χ1v) is 8.01. The van der Waals surface area contributed by atoms with Crippen molar-refractivity contribution in [2.45, 2.75) is 18.2 Å². The van der Waals surface area contributed by atoms with Gasteiger partial charge in [-0.25, -0.2) is 4.68 Å². The van der Waals surface area contributed by atoms with Crippen LogP contribution in [0, 0.1) is 0 Å². The first-order valence-electron chi connectivity index (χ1n) is 6.30. The Labute approximate surface area is 133 Å². The summed E-state index contributed by atoms with van der Waals surface area (Å²) in [4.78, 5) is 4.71. The van der Waals surface area contributed by atoms with Gasteiger partial charge >= 0.3 is 0 Å². The van der Waals surface area contributed by atoms with Crippen LogP contribution < -0.4 is 0 Å². The summed E-state index contributed by atoms with van der Waals surface area (Å²) in [6, 6.07) is 8.08. The summed E-state index contributed by atoms with van der Waals surface area (Å²) < 4.78 is 2.75. The Morgan fingerprint density at radius 3 is 3.00 bits per heavy atom. The van der Waals surface area contributed by atoms with Crippen LogP contribution in [0.15, 0.2) is 41.1 Å². The summed E-state index contributed by atoms with van der Waals surface area (Å²) in [7, 11) is 0. The van der Waals surface area contributed by atoms with Gasteiger partial charge in [0.05, 0.1) is 27.9 Å². The number of halogens is 2. The molecule has 0 radical (unpaired) electrons. The molecule has 0 saturated heterocycles. The number of rotatable bonds is 3. The molecule has 4 nitrogen and oxygen atoms in total. The maximum absolute atomic E-state index is 4.48. The van der Waals surface area contributed by atoms with Gasteiger partial charge < -0.3 is 0 Å². The third-order valence-electron chi connectivity index (χ3n) is 3.09. The zero-order valence-electron chi connectivity index (χ0n) is 10.8. The molecule has 2 heterocycles. The summed E-state index contributed by atoms with van der Waals surface area (Å²) in [5.41, 5.74) is 2.78. The summed E-state index contributed by atoms with van der Waals surface area (Å²) in [6.45, 7) is 2.11. The highest BCUT2D eigenvalue weighted by Crippen LogP contribution is 2.26. The lowest BCUT2D eigenvalue weighted by atomic mass is 10.2. The van der Waals surface area contributed by atoms with Crippen molar-refractivity contribution in [3.63, 3.8) is 0 Å². The van der Waals surface area contributed by atoms with E-state index in [4.69, 9.17) is 0 Å². The van der Waals surface area contributed by atoms with Crippen molar-refractivity contribution in [2.24, 2.45) is 0 Å². The maximum atomic E-state index is 4.48. The number of para-hydroxylation sites is 1. The fourth-order valence-corrected chi connectivity index (χ4v) is 2.61. The molecule has 1 unspecified atom stereocenters. The van der Waals surface area contributed by atoms with E-state index in [1.807, 2.05) is 30.5 Å². The molecule has 0 fully saturated rings. The molecule has 0 saturated carbocycles. The van der Waals surface area contributed by atoms with Gasteiger partial charge in [-0.05, 0) is 34.5 Å². The quantitative estimate of drug-likeness (QED) is 0.616. The minimum Gasteiger partial charge on any atom is -0.253 e. The van der Waals surface area contributed by atoms with E-state index in [2.05, 4.69) is 54.1 Å². The van der Waals surface area contributed by atoms with Crippen LogP contribution in [0.5, 0.6) is 0 Å². The van der Waals surface area contributed by atoms with E-state index < -0.39 is 0 Å². The number of benzene rings is 1. The average Bonchev–Trinajstić information content (AvgIpc) is 2.95. The normalized spacial score (nSPS) is 12.8. The number of nitrogens with zero attached hydrogens (tertiary/aromatic N) is 4. The highest BCUT2D eigenvalue weighted by Gasteiger charge is 2.12. The second kappa shape index (κ2) is 5.61. The molecule has 3 aromatic rings. The molecule has 0 amide bonds. The van der Waals surface area contributed by atoms with Crippen LogP contribution in [-0.4, -0.2) is 20.0 Å². The van der Waals surface area contributed by atoms with Crippen LogP contribution in [0.4, 0.5) is 0 Å². The first-order chi connectivity index (χ1) is 9.69. The average molecular weight is 396 g/mol. The number of hydrogen-bond acceptors (Lipinski definition) is 3. The van der Waals surface area contributed by atoms with Gasteiger partial charge in [-0.3, -0.25) is 4.98 Å². The van der Waals surface area contributed by atoms with Crippen molar-refractivity contribution in [3.8, 4) is 5.69 Å². The van der Waals surface area contributed by atoms with Crippen molar-refractivity contribution in [3.05, 3.63) is 46.8 Å². The van der Waals surface area contributed by atoms with Crippen molar-refractivity contribution in [2.75, 3.05) is 0 Å². The molecule has 102 valence electrons. The Morgan fingerprint density at radius 2 is 2.20 bits per heavy atom. The minimum atomic E-state index is 0.230. The molecular formula is C14H12Br2N4. The maximum Gasteiger partial charge on any atom is 0.0967 e. The van der Waals surface area contributed by atoms with Crippen LogP contribution in [-0.2, 0) is 0 Å². The zero-order valence-corrected chi connectivity index (χ0v) is 14.0. The molecule has 0 spiro atoms. The van der Waals surface area contributed by atoms with Crippen LogP contribution >= 0.6 is 31.9 Å². The Hall–Kier alpha value is -1.27. The topological polar surface area (TPSA) is 43.6 Å². The summed E-state index contributed by atoms with van der Waals surface area (Å²) in [5.74, 6) is 0. The van der Waals surface area contributed by atoms with Gasteiger partial charge in [-0.15, -0.1) is 5.10 Å². The van der Waals surface area contributed by atoms with Gasteiger partial charge in [-0.2, -0.15) is 0 Å². The predicted molar refractivity (Wildman–Crippen MR) is 86.3 cm³/mol. The monoisotopic (exact) mass is 394 g/mol. The highest BCUT2D eigenvalue weighted by molar-refractivity contribution is 9.10. The molecule has 20 heavy (non-hydrogen) atoms. The van der Waals surface area contributed by atoms with Crippen molar-refractivity contribution < 1.29 is 0 Å². The Balaban J connectivity index is 2.12. The molecule has 3 rings (SSSR count). The van der Waals surface area contributed by atoms with Gasteiger partial charge in [0.1, 0.15) is 0 Å². The van der Waals surface area contributed by atoms with E-state index in [9.17, 15) is 0 Å². The molecule has 0 aliphatic rings. The lowest BCUT2D eigenvalue weighted by Gasteiger charge is -2.05. The van der Waals surface area contributed by atoms with Gasteiger partial charge in [0.15, 0.2) is 0 Å². The van der Waals surface area contributed by atoms with Gasteiger partial charge in [-0.1, -0.05) is 40.2 Å². The van der Waals surface area contributed by atoms with Gasteiger partial charge in [0.2, 0.25) is 0 Å². The molecular weight excluding hydrogens is 384 g/mol. The summed E-state index contributed by atoms with van der Waals surface area (Å²) >= 11 is 7.03. The van der Waals surface area contributed by atoms with E-state index in [0.717, 1.165) is 33.2 Å². The van der Waals surface area contributed by atoms with E-state index in [-0.39, 0.29) is 4.83 Å². The number of alkyl halides is 1. The number of fused-ring (bicyclic) bond motifs is 1. The van der Waals surface area contributed by atoms with Crippen LogP contribution in [0.3, 0.4) is 0 Å². The smallest absolute Gasteiger partial charge is 0.0967 e. The Morgan fingerprint density at radius 1 is 1.35 bits per heavy atom. The SMILES string of the molecule is CCC(Br)c1cn(-c2cccc3cc(Br)cnc23)nn1. The van der Waals surface area contributed by atoms with Gasteiger partial charge in [0, 0.05) is 16.1 Å². The van der Waals surface area contributed by atoms with E-state index in [0.29, 0.717) is 0 Å². The molecule has 1 atom stereocenters. The molecule has 6 heteroatoms. The molecule has 2 aromatic heterocycles. The summed E-state index contributed by atoms with van der Waals surface area (Å²) in [6.07, 6.45) is 4.71. The highest BCUT2D eigenvalue weighted by atomic mass is 79.9. The number of aromatic nitrogens is 4. The number of pyridine rings is 1. The third-order valence-corrected chi connectivity index (χ3v) is 4.64. The van der Waals surface area contributed by atoms with Crippen molar-refractivity contribution in [1.29, 1.82) is 0 Å². The summed E-state index contributed by atoms with van der Waals surface area (Å²) in [5, 5.41) is 9.50. The lowest BCUT2D eigenvalue weighted by Crippen LogP contribution is -1.97. The molecule has 1 aromatic carbocycles. The largest absolute Gasteiger partial charge is 0.253 e. The fourth-order valence-electron chi connectivity index (χ4n) is 2.05. The molecule has 0 N–H and O–H groups in total. The molecule has 0 bridgehead atoms. The predicted octanol–water partition coefficient (Wildman–Crippen LogP) is 4.42. The first kappa shape index (κ1) is 13.7. The zero-order chi connectivity index (χ0) is 14.1. The lowest BCUT2D eigenvalue weighted by molar-refractivity contribution is 0.793. The molecule has 0 aliphatic heterocycles. The Kier molecular flexibility index (Phi) is 3.85. The standard InChI is InChI=1S/C14H12Br2N4/c1-2-11(16)12-8-20(19-18-12)13-5-3-4-9-6-10(15)7-17-14(9)13/h3-8,11H,2H2,1H3. The van der Waals surface area contributed by atoms with Crippen LogP contribution in [0.1, 0.15) is 23.9 Å². The van der Waals surface area contributed by atoms with E-state index >= 15 is 0 Å². The second-order valence-electron chi connectivity index (χ2n) is 4.47. The fraction of sp³-hybridized carbons (Fsp3) is 0.214. The minimum absolute atomic E-state index is 0.230.